The highest BCUT2D eigenvalue weighted by Crippen LogP contribution is 2.30. The molecular formula is C17H13NO3. The Morgan fingerprint density at radius 1 is 1.33 bits per heavy atom. The largest absolute Gasteiger partial charge is 0.464 e. The van der Waals surface area contributed by atoms with Crippen molar-refractivity contribution in [2.45, 2.75) is 19.4 Å². The van der Waals surface area contributed by atoms with E-state index in [1.807, 2.05) is 42.5 Å². The molecule has 0 saturated heterocycles. The minimum Gasteiger partial charge on any atom is -0.464 e. The van der Waals surface area contributed by atoms with Gasteiger partial charge in [-0.15, -0.1) is 0 Å². The van der Waals surface area contributed by atoms with Gasteiger partial charge in [0.2, 0.25) is 0 Å². The van der Waals surface area contributed by atoms with Crippen LogP contribution in [-0.2, 0) is 16.0 Å². The van der Waals surface area contributed by atoms with Crippen LogP contribution < -0.4 is 0 Å². The quantitative estimate of drug-likeness (QED) is 0.687. The van der Waals surface area contributed by atoms with Crippen molar-refractivity contribution in [3.05, 3.63) is 48.2 Å². The van der Waals surface area contributed by atoms with Crippen LogP contribution in [0, 0.1) is 11.3 Å². The van der Waals surface area contributed by atoms with Crippen LogP contribution >= 0.6 is 0 Å². The molecule has 3 aromatic rings. The number of carbonyl (C=O) groups excluding carboxylic acids is 1. The second-order valence-electron chi connectivity index (χ2n) is 4.86. The van der Waals surface area contributed by atoms with E-state index >= 15 is 0 Å². The van der Waals surface area contributed by atoms with Crippen LogP contribution in [-0.4, -0.2) is 12.1 Å². The molecule has 4 nitrogen and oxygen atoms in total. The summed E-state index contributed by atoms with van der Waals surface area (Å²) in [4.78, 5) is 11.8. The Hall–Kier alpha value is -2.80. The van der Waals surface area contributed by atoms with Crippen LogP contribution in [0.2, 0.25) is 0 Å². The number of nitrogens with zero attached hydrogens (tertiary/aromatic N) is 1. The van der Waals surface area contributed by atoms with Crippen molar-refractivity contribution < 1.29 is 13.9 Å². The zero-order valence-corrected chi connectivity index (χ0v) is 11.5. The van der Waals surface area contributed by atoms with Crippen molar-refractivity contribution in [1.82, 2.24) is 0 Å². The highest BCUT2D eigenvalue weighted by atomic mass is 16.5. The van der Waals surface area contributed by atoms with Crippen molar-refractivity contribution >= 4 is 27.7 Å². The van der Waals surface area contributed by atoms with E-state index in [2.05, 4.69) is 0 Å². The number of ether oxygens (including phenoxy) is 1. The Balaban J connectivity index is 2.02. The molecule has 2 aromatic carbocycles. The van der Waals surface area contributed by atoms with Crippen molar-refractivity contribution in [3.8, 4) is 6.07 Å². The predicted octanol–water partition coefficient (Wildman–Crippen LogP) is 3.58. The van der Waals surface area contributed by atoms with Gasteiger partial charge in [0.25, 0.3) is 0 Å². The Bertz CT molecular complexity index is 857. The van der Waals surface area contributed by atoms with Crippen LogP contribution in [0.1, 0.15) is 12.5 Å². The average Bonchev–Trinajstić information content (AvgIpc) is 2.90. The van der Waals surface area contributed by atoms with Crippen LogP contribution in [0.15, 0.2) is 47.1 Å². The molecular weight excluding hydrogens is 266 g/mol. The summed E-state index contributed by atoms with van der Waals surface area (Å²) in [6, 6.07) is 13.7. The zero-order chi connectivity index (χ0) is 14.8. The lowest BCUT2D eigenvalue weighted by Crippen LogP contribution is -2.14. The van der Waals surface area contributed by atoms with Gasteiger partial charge in [-0.1, -0.05) is 30.3 Å². The first-order chi connectivity index (χ1) is 10.2. The lowest BCUT2D eigenvalue weighted by molar-refractivity contribution is -0.145. The molecule has 0 fully saturated rings. The Labute approximate surface area is 121 Å². The molecule has 0 amide bonds. The standard InChI is InChI=1S/C17H13NO3/c1-11(9-18)21-16(19)8-13-10-20-15-7-6-12-4-2-3-5-14(12)17(13)15/h2-7,10-11H,8H2,1H3/t11-/m1/s1. The summed E-state index contributed by atoms with van der Waals surface area (Å²) < 4.78 is 10.5. The first-order valence-electron chi connectivity index (χ1n) is 6.66. The minimum atomic E-state index is -0.743. The molecule has 21 heavy (non-hydrogen) atoms. The molecule has 0 aliphatic rings. The SMILES string of the molecule is C[C@H](C#N)OC(=O)Cc1coc2ccc3ccccc3c12. The van der Waals surface area contributed by atoms with Crippen LogP contribution in [0.4, 0.5) is 0 Å². The predicted molar refractivity (Wildman–Crippen MR) is 78.6 cm³/mol. The van der Waals surface area contributed by atoms with Crippen molar-refractivity contribution in [2.24, 2.45) is 0 Å². The normalized spacial score (nSPS) is 12.2. The highest BCUT2D eigenvalue weighted by Gasteiger charge is 2.15. The number of nitriles is 1. The smallest absolute Gasteiger partial charge is 0.311 e. The number of esters is 1. The third-order valence-corrected chi connectivity index (χ3v) is 3.36. The molecule has 1 heterocycles. The summed E-state index contributed by atoms with van der Waals surface area (Å²) in [6.07, 6.45) is 0.926. The third-order valence-electron chi connectivity index (χ3n) is 3.36. The maximum atomic E-state index is 11.8. The molecule has 0 radical (unpaired) electrons. The van der Waals surface area contributed by atoms with Crippen LogP contribution in [0.3, 0.4) is 0 Å². The molecule has 0 saturated carbocycles. The monoisotopic (exact) mass is 279 g/mol. The lowest BCUT2D eigenvalue weighted by Gasteiger charge is -2.05. The second kappa shape index (κ2) is 5.29. The number of benzene rings is 2. The maximum Gasteiger partial charge on any atom is 0.311 e. The lowest BCUT2D eigenvalue weighted by atomic mass is 10.0. The molecule has 0 N–H and O–H groups in total. The van der Waals surface area contributed by atoms with E-state index in [-0.39, 0.29) is 6.42 Å². The fourth-order valence-corrected chi connectivity index (χ4v) is 2.43. The second-order valence-corrected chi connectivity index (χ2v) is 4.86. The van der Waals surface area contributed by atoms with E-state index in [0.29, 0.717) is 0 Å². The van der Waals surface area contributed by atoms with E-state index in [1.165, 1.54) is 0 Å². The van der Waals surface area contributed by atoms with Crippen molar-refractivity contribution in [1.29, 1.82) is 5.26 Å². The number of carbonyl (C=O) groups is 1. The van der Waals surface area contributed by atoms with Crippen LogP contribution in [0.5, 0.6) is 0 Å². The Morgan fingerprint density at radius 2 is 2.14 bits per heavy atom. The topological polar surface area (TPSA) is 63.2 Å². The summed E-state index contributed by atoms with van der Waals surface area (Å²) in [5, 5.41) is 11.7. The van der Waals surface area contributed by atoms with Gasteiger partial charge in [-0.3, -0.25) is 4.79 Å². The van der Waals surface area contributed by atoms with Gasteiger partial charge in [0.1, 0.15) is 11.7 Å². The fraction of sp³-hybridized carbons (Fsp3) is 0.176. The van der Waals surface area contributed by atoms with Gasteiger partial charge < -0.3 is 9.15 Å². The first-order valence-corrected chi connectivity index (χ1v) is 6.66. The van der Waals surface area contributed by atoms with E-state index in [9.17, 15) is 4.79 Å². The zero-order valence-electron chi connectivity index (χ0n) is 11.5. The third kappa shape index (κ3) is 2.46. The molecule has 0 spiro atoms. The number of fused-ring (bicyclic) bond motifs is 3. The Morgan fingerprint density at radius 3 is 2.95 bits per heavy atom. The van der Waals surface area contributed by atoms with Crippen molar-refractivity contribution in [2.75, 3.05) is 0 Å². The molecule has 3 rings (SSSR count). The molecule has 0 aliphatic heterocycles. The van der Waals surface area contributed by atoms with E-state index in [4.69, 9.17) is 14.4 Å². The molecule has 104 valence electrons. The van der Waals surface area contributed by atoms with Gasteiger partial charge in [-0.25, -0.2) is 0 Å². The number of hydrogen-bond acceptors (Lipinski definition) is 4. The van der Waals surface area contributed by atoms with E-state index in [0.717, 1.165) is 27.3 Å². The molecule has 0 aliphatic carbocycles. The number of furan rings is 1. The number of hydrogen-bond donors (Lipinski definition) is 0. The molecule has 0 bridgehead atoms. The van der Waals surface area contributed by atoms with Gasteiger partial charge >= 0.3 is 5.97 Å². The van der Waals surface area contributed by atoms with E-state index < -0.39 is 12.1 Å². The summed E-state index contributed by atoms with van der Waals surface area (Å²) in [7, 11) is 0. The van der Waals surface area contributed by atoms with Crippen LogP contribution in [0.25, 0.3) is 21.7 Å². The summed E-state index contributed by atoms with van der Waals surface area (Å²) in [5.74, 6) is -0.431. The van der Waals surface area contributed by atoms with Gasteiger partial charge in [-0.05, 0) is 23.8 Å². The molecule has 4 heteroatoms. The summed E-state index contributed by atoms with van der Waals surface area (Å²) in [6.45, 7) is 1.54. The summed E-state index contributed by atoms with van der Waals surface area (Å²) >= 11 is 0. The van der Waals surface area contributed by atoms with Gasteiger partial charge in [-0.2, -0.15) is 5.26 Å². The van der Waals surface area contributed by atoms with Gasteiger partial charge in [0.05, 0.1) is 12.7 Å². The van der Waals surface area contributed by atoms with Gasteiger partial charge in [0, 0.05) is 10.9 Å². The fourth-order valence-electron chi connectivity index (χ4n) is 2.43. The van der Waals surface area contributed by atoms with Gasteiger partial charge in [0.15, 0.2) is 6.10 Å². The Kier molecular flexibility index (Phi) is 3.33. The average molecular weight is 279 g/mol. The van der Waals surface area contributed by atoms with E-state index in [1.54, 1.807) is 13.2 Å². The number of rotatable bonds is 3. The molecule has 1 aromatic heterocycles. The minimum absolute atomic E-state index is 0.0903. The highest BCUT2D eigenvalue weighted by molar-refractivity contribution is 6.08. The maximum absolute atomic E-state index is 11.8. The first kappa shape index (κ1) is 13.2. The summed E-state index contributed by atoms with van der Waals surface area (Å²) in [5.41, 5.74) is 1.52. The molecule has 1 atom stereocenters. The van der Waals surface area contributed by atoms with Crippen molar-refractivity contribution in [3.63, 3.8) is 0 Å². The molecule has 0 unspecified atom stereocenters.